The summed E-state index contributed by atoms with van der Waals surface area (Å²) in [6.07, 6.45) is 3.41. The van der Waals surface area contributed by atoms with Crippen molar-refractivity contribution in [2.45, 2.75) is 26.0 Å². The third kappa shape index (κ3) is 5.56. The molecule has 0 spiro atoms. The van der Waals surface area contributed by atoms with E-state index in [1.54, 1.807) is 44.6 Å². The number of aliphatic hydroxyl groups is 2. The fraction of sp³-hybridized carbons (Fsp3) is 0.368. The minimum atomic E-state index is -0.255. The Morgan fingerprint density at radius 3 is 2.57 bits per heavy atom. The molecule has 0 saturated heterocycles. The second-order valence-electron chi connectivity index (χ2n) is 5.80. The maximum atomic E-state index is 12.3. The number of hydrogen-bond acceptors (Lipinski definition) is 7. The van der Waals surface area contributed by atoms with Crippen LogP contribution in [0.4, 0.5) is 5.82 Å². The number of anilines is 1. The van der Waals surface area contributed by atoms with Crippen LogP contribution in [0.1, 0.15) is 23.7 Å². The van der Waals surface area contributed by atoms with Gasteiger partial charge in [-0.3, -0.25) is 4.79 Å². The summed E-state index contributed by atoms with van der Waals surface area (Å²) < 4.78 is 7.01. The molecule has 2 heterocycles. The molecule has 0 fully saturated rings. The van der Waals surface area contributed by atoms with Crippen LogP contribution in [-0.4, -0.2) is 62.1 Å². The number of nitrogens with one attached hydrogen (secondary N) is 1. The van der Waals surface area contributed by atoms with E-state index >= 15 is 0 Å². The molecular weight excluding hydrogens is 362 g/mol. The van der Waals surface area contributed by atoms with Crippen molar-refractivity contribution < 1.29 is 19.7 Å². The molecular formula is C19H25N5O4. The summed E-state index contributed by atoms with van der Waals surface area (Å²) in [5.74, 6) is 0.109. The van der Waals surface area contributed by atoms with Crippen LogP contribution >= 0.6 is 0 Å². The van der Waals surface area contributed by atoms with Gasteiger partial charge < -0.3 is 24.8 Å². The van der Waals surface area contributed by atoms with E-state index in [-0.39, 0.29) is 25.2 Å². The Hall–Kier alpha value is -2.88. The lowest BCUT2D eigenvalue weighted by molar-refractivity contribution is 0.0405. The highest BCUT2D eigenvalue weighted by Crippen LogP contribution is 2.18. The van der Waals surface area contributed by atoms with Crippen LogP contribution in [0, 0.1) is 0 Å². The van der Waals surface area contributed by atoms with Gasteiger partial charge in [0.25, 0.3) is 5.91 Å². The normalized spacial score (nSPS) is 11.6. The summed E-state index contributed by atoms with van der Waals surface area (Å²) in [6.45, 7) is 2.47. The summed E-state index contributed by atoms with van der Waals surface area (Å²) in [5.41, 5.74) is 1.68. The average Bonchev–Trinajstić information content (AvgIpc) is 3.14. The molecule has 0 bridgehead atoms. The van der Waals surface area contributed by atoms with E-state index in [0.29, 0.717) is 35.5 Å². The van der Waals surface area contributed by atoms with Crippen LogP contribution in [0.3, 0.4) is 0 Å². The first kappa shape index (κ1) is 21.4. The second-order valence-corrected chi connectivity index (χ2v) is 5.80. The zero-order valence-corrected chi connectivity index (χ0v) is 15.9. The highest BCUT2D eigenvalue weighted by Gasteiger charge is 2.14. The molecule has 150 valence electrons. The summed E-state index contributed by atoms with van der Waals surface area (Å²) >= 11 is 0. The number of imidazole rings is 1. The van der Waals surface area contributed by atoms with Crippen molar-refractivity contribution in [3.8, 4) is 0 Å². The van der Waals surface area contributed by atoms with Gasteiger partial charge in [0.1, 0.15) is 6.33 Å². The Bertz CT molecular complexity index is 865. The standard InChI is InChI=1S/C17H19N5O3.C2H6O/c1-25-13(9-23)7-8-22-11-20-14-15(18-10-19-16(14)22)21-17(24)12-5-3-2-4-6-12;1-2-3/h2-6,10-11,13,23H,7-9H2,1H3,(H,18,19,21,24);3H,2H2,1H3. The number of fused-ring (bicyclic) bond motifs is 1. The molecule has 0 radical (unpaired) electrons. The number of carbonyl (C=O) groups is 1. The number of benzene rings is 1. The van der Waals surface area contributed by atoms with Crippen molar-refractivity contribution >= 4 is 22.9 Å². The predicted molar refractivity (Wildman–Crippen MR) is 105 cm³/mol. The Kier molecular flexibility index (Phi) is 8.47. The Balaban J connectivity index is 0.000000878. The number of aromatic nitrogens is 4. The van der Waals surface area contributed by atoms with Crippen molar-refractivity contribution in [2.75, 3.05) is 25.6 Å². The molecule has 1 amide bonds. The van der Waals surface area contributed by atoms with Crippen molar-refractivity contribution in [2.24, 2.45) is 0 Å². The van der Waals surface area contributed by atoms with Crippen LogP contribution in [0.25, 0.3) is 11.2 Å². The fourth-order valence-electron chi connectivity index (χ4n) is 2.47. The molecule has 1 aromatic carbocycles. The third-order valence-corrected chi connectivity index (χ3v) is 3.90. The van der Waals surface area contributed by atoms with Crippen LogP contribution in [0.5, 0.6) is 0 Å². The lowest BCUT2D eigenvalue weighted by Crippen LogP contribution is -2.18. The fourth-order valence-corrected chi connectivity index (χ4v) is 2.47. The van der Waals surface area contributed by atoms with Crippen molar-refractivity contribution in [3.05, 3.63) is 48.5 Å². The topological polar surface area (TPSA) is 122 Å². The summed E-state index contributed by atoms with van der Waals surface area (Å²) in [4.78, 5) is 25.0. The molecule has 3 N–H and O–H groups in total. The van der Waals surface area contributed by atoms with Gasteiger partial charge in [0, 0.05) is 25.8 Å². The Morgan fingerprint density at radius 2 is 1.93 bits per heavy atom. The van der Waals surface area contributed by atoms with Crippen molar-refractivity contribution in [1.29, 1.82) is 0 Å². The van der Waals surface area contributed by atoms with Gasteiger partial charge in [-0.25, -0.2) is 15.0 Å². The number of aryl methyl sites for hydroxylation is 1. The molecule has 9 heteroatoms. The quantitative estimate of drug-likeness (QED) is 0.561. The lowest BCUT2D eigenvalue weighted by Gasteiger charge is -2.12. The Morgan fingerprint density at radius 1 is 1.21 bits per heavy atom. The van der Waals surface area contributed by atoms with E-state index in [1.165, 1.54) is 6.33 Å². The minimum absolute atomic E-state index is 0.0451. The van der Waals surface area contributed by atoms with Crippen molar-refractivity contribution in [1.82, 2.24) is 19.5 Å². The van der Waals surface area contributed by atoms with Gasteiger partial charge in [-0.05, 0) is 25.5 Å². The summed E-state index contributed by atoms with van der Waals surface area (Å²) in [7, 11) is 1.56. The molecule has 3 aromatic rings. The van der Waals surface area contributed by atoms with Crippen LogP contribution < -0.4 is 5.32 Å². The number of rotatable bonds is 7. The number of amides is 1. The minimum Gasteiger partial charge on any atom is -0.397 e. The molecule has 28 heavy (non-hydrogen) atoms. The second kappa shape index (κ2) is 11.1. The summed E-state index contributed by atoms with van der Waals surface area (Å²) in [5, 5.41) is 19.5. The largest absolute Gasteiger partial charge is 0.397 e. The first-order valence-corrected chi connectivity index (χ1v) is 8.91. The SMILES string of the molecule is CCO.COC(CO)CCn1cnc2c(NC(=O)c3ccccc3)ncnc21. The van der Waals surface area contributed by atoms with Crippen LogP contribution in [0.2, 0.25) is 0 Å². The summed E-state index contributed by atoms with van der Waals surface area (Å²) in [6, 6.07) is 8.90. The van der Waals surface area contributed by atoms with Crippen LogP contribution in [-0.2, 0) is 11.3 Å². The van der Waals surface area contributed by atoms with E-state index in [1.807, 2.05) is 10.6 Å². The molecule has 9 nitrogen and oxygen atoms in total. The Labute approximate surface area is 163 Å². The van der Waals surface area contributed by atoms with E-state index < -0.39 is 0 Å². The number of nitrogens with zero attached hydrogens (tertiary/aromatic N) is 4. The number of aliphatic hydroxyl groups excluding tert-OH is 2. The van der Waals surface area contributed by atoms with E-state index in [0.717, 1.165) is 0 Å². The first-order valence-electron chi connectivity index (χ1n) is 8.91. The number of methoxy groups -OCH3 is 1. The number of carbonyl (C=O) groups excluding carboxylic acids is 1. The molecule has 0 aliphatic heterocycles. The highest BCUT2D eigenvalue weighted by atomic mass is 16.5. The van der Waals surface area contributed by atoms with Crippen LogP contribution in [0.15, 0.2) is 43.0 Å². The molecule has 1 unspecified atom stereocenters. The average molecular weight is 387 g/mol. The molecule has 0 aliphatic carbocycles. The third-order valence-electron chi connectivity index (χ3n) is 3.90. The lowest BCUT2D eigenvalue weighted by atomic mass is 10.2. The maximum absolute atomic E-state index is 12.3. The predicted octanol–water partition coefficient (Wildman–Crippen LogP) is 1.47. The zero-order chi connectivity index (χ0) is 20.4. The van der Waals surface area contributed by atoms with Gasteiger partial charge in [-0.1, -0.05) is 18.2 Å². The molecule has 2 aromatic heterocycles. The number of hydrogen-bond donors (Lipinski definition) is 3. The molecule has 0 saturated carbocycles. The maximum Gasteiger partial charge on any atom is 0.256 e. The smallest absolute Gasteiger partial charge is 0.256 e. The van der Waals surface area contributed by atoms with Gasteiger partial charge in [-0.15, -0.1) is 0 Å². The van der Waals surface area contributed by atoms with Gasteiger partial charge in [0.2, 0.25) is 0 Å². The number of ether oxygens (including phenoxy) is 1. The monoisotopic (exact) mass is 387 g/mol. The first-order chi connectivity index (χ1) is 13.6. The zero-order valence-electron chi connectivity index (χ0n) is 15.9. The van der Waals surface area contributed by atoms with E-state index in [9.17, 15) is 9.90 Å². The molecule has 1 atom stereocenters. The van der Waals surface area contributed by atoms with Gasteiger partial charge in [0.05, 0.1) is 19.0 Å². The van der Waals surface area contributed by atoms with Crippen molar-refractivity contribution in [3.63, 3.8) is 0 Å². The molecule has 0 aliphatic rings. The van der Waals surface area contributed by atoms with E-state index in [2.05, 4.69) is 20.3 Å². The molecule has 3 rings (SSSR count). The van der Waals surface area contributed by atoms with Gasteiger partial charge in [0.15, 0.2) is 17.0 Å². The van der Waals surface area contributed by atoms with E-state index in [4.69, 9.17) is 9.84 Å². The van der Waals surface area contributed by atoms with Gasteiger partial charge >= 0.3 is 0 Å². The highest BCUT2D eigenvalue weighted by molar-refractivity contribution is 6.06. The van der Waals surface area contributed by atoms with Gasteiger partial charge in [-0.2, -0.15) is 0 Å².